The molecule has 6 nitrogen and oxygen atoms in total. The summed E-state index contributed by atoms with van der Waals surface area (Å²) in [5, 5.41) is 13.0. The molecule has 3 N–H and O–H groups in total. The fourth-order valence-electron chi connectivity index (χ4n) is 3.40. The molecule has 0 spiro atoms. The van der Waals surface area contributed by atoms with E-state index in [0.29, 0.717) is 22.7 Å². The summed E-state index contributed by atoms with van der Waals surface area (Å²) in [6.45, 7) is 1.97. The molecule has 0 saturated carbocycles. The monoisotopic (exact) mass is 356 g/mol. The number of rotatable bonds is 2. The van der Waals surface area contributed by atoms with Crippen LogP contribution in [0, 0.1) is 18.3 Å². The van der Waals surface area contributed by atoms with Crippen molar-refractivity contribution in [1.82, 2.24) is 9.97 Å². The molecule has 0 amide bonds. The van der Waals surface area contributed by atoms with E-state index in [-0.39, 0.29) is 0 Å². The Morgan fingerprint density at radius 3 is 2.33 bits per heavy atom. The lowest BCUT2D eigenvalue weighted by Gasteiger charge is -2.28. The van der Waals surface area contributed by atoms with Gasteiger partial charge in [0.1, 0.15) is 5.82 Å². The van der Waals surface area contributed by atoms with Crippen LogP contribution in [0.25, 0.3) is 5.70 Å². The van der Waals surface area contributed by atoms with Gasteiger partial charge in [-0.1, -0.05) is 60.2 Å². The van der Waals surface area contributed by atoms with Gasteiger partial charge < -0.3 is 5.32 Å². The number of H-pyrrole nitrogens is 2. The first-order valence-corrected chi connectivity index (χ1v) is 8.48. The summed E-state index contributed by atoms with van der Waals surface area (Å²) in [6, 6.07) is 19.3. The van der Waals surface area contributed by atoms with Crippen LogP contribution in [-0.2, 0) is 0 Å². The molecule has 0 fully saturated rings. The largest absolute Gasteiger partial charge is 0.340 e. The summed E-state index contributed by atoms with van der Waals surface area (Å²) in [4.78, 5) is 29.3. The van der Waals surface area contributed by atoms with Gasteiger partial charge in [0.25, 0.3) is 5.56 Å². The van der Waals surface area contributed by atoms with Crippen molar-refractivity contribution in [3.63, 3.8) is 0 Å². The SMILES string of the molecule is Cc1ccc(C2C(C#N)=C(c3ccccc3)Nc3[nH]c(=O)[nH]c(=O)c32)cc1. The number of nitrogens with one attached hydrogen (secondary N) is 3. The molecule has 4 rings (SSSR count). The Morgan fingerprint density at radius 1 is 0.963 bits per heavy atom. The van der Waals surface area contributed by atoms with Gasteiger partial charge in [0.2, 0.25) is 0 Å². The lowest BCUT2D eigenvalue weighted by molar-refractivity contribution is 0.891. The summed E-state index contributed by atoms with van der Waals surface area (Å²) in [5.41, 5.74) is 2.92. The van der Waals surface area contributed by atoms with Gasteiger partial charge in [-0.15, -0.1) is 0 Å². The van der Waals surface area contributed by atoms with Gasteiger partial charge >= 0.3 is 5.69 Å². The van der Waals surface area contributed by atoms with E-state index in [4.69, 9.17) is 0 Å². The fourth-order valence-corrected chi connectivity index (χ4v) is 3.40. The summed E-state index contributed by atoms with van der Waals surface area (Å²) in [5.74, 6) is -0.269. The highest BCUT2D eigenvalue weighted by atomic mass is 16.2. The number of aryl methyl sites for hydroxylation is 1. The van der Waals surface area contributed by atoms with Crippen LogP contribution in [0.1, 0.15) is 28.2 Å². The Kier molecular flexibility index (Phi) is 3.98. The molecular formula is C21H16N4O2. The van der Waals surface area contributed by atoms with Gasteiger partial charge in [0, 0.05) is 0 Å². The van der Waals surface area contributed by atoms with E-state index in [1.807, 2.05) is 61.5 Å². The average molecular weight is 356 g/mol. The number of nitriles is 1. The normalized spacial score (nSPS) is 15.6. The lowest BCUT2D eigenvalue weighted by Crippen LogP contribution is -2.32. The van der Waals surface area contributed by atoms with E-state index in [1.165, 1.54) is 0 Å². The third-order valence-corrected chi connectivity index (χ3v) is 4.67. The molecule has 1 atom stereocenters. The molecule has 0 bridgehead atoms. The van der Waals surface area contributed by atoms with Crippen molar-refractivity contribution in [2.45, 2.75) is 12.8 Å². The molecule has 0 aliphatic carbocycles. The van der Waals surface area contributed by atoms with Gasteiger partial charge in [0.15, 0.2) is 0 Å². The van der Waals surface area contributed by atoms with Crippen molar-refractivity contribution in [3.8, 4) is 6.07 Å². The van der Waals surface area contributed by atoms with Crippen LogP contribution in [0.5, 0.6) is 0 Å². The zero-order valence-corrected chi connectivity index (χ0v) is 14.5. The topological polar surface area (TPSA) is 102 Å². The predicted octanol–water partition coefficient (Wildman–Crippen LogP) is 2.86. The van der Waals surface area contributed by atoms with Crippen molar-refractivity contribution >= 4 is 11.5 Å². The molecule has 27 heavy (non-hydrogen) atoms. The van der Waals surface area contributed by atoms with E-state index in [9.17, 15) is 14.9 Å². The number of nitrogens with zero attached hydrogens (tertiary/aromatic N) is 1. The average Bonchev–Trinajstić information content (AvgIpc) is 2.67. The molecule has 0 radical (unpaired) electrons. The molecule has 132 valence electrons. The minimum Gasteiger partial charge on any atom is -0.340 e. The maximum absolute atomic E-state index is 12.6. The number of anilines is 1. The van der Waals surface area contributed by atoms with Crippen LogP contribution < -0.4 is 16.6 Å². The van der Waals surface area contributed by atoms with E-state index in [1.54, 1.807) is 0 Å². The van der Waals surface area contributed by atoms with E-state index < -0.39 is 17.2 Å². The molecule has 1 aliphatic rings. The molecule has 0 saturated heterocycles. The van der Waals surface area contributed by atoms with Gasteiger partial charge in [-0.05, 0) is 18.1 Å². The van der Waals surface area contributed by atoms with Crippen LogP contribution in [0.4, 0.5) is 5.82 Å². The molecule has 3 aromatic rings. The number of benzene rings is 2. The zero-order valence-electron chi connectivity index (χ0n) is 14.5. The van der Waals surface area contributed by atoms with Crippen LogP contribution in [0.3, 0.4) is 0 Å². The summed E-state index contributed by atoms with van der Waals surface area (Å²) in [7, 11) is 0. The predicted molar refractivity (Wildman–Crippen MR) is 103 cm³/mol. The molecule has 2 heterocycles. The molecule has 1 aliphatic heterocycles. The Balaban J connectivity index is 2.04. The highest BCUT2D eigenvalue weighted by Gasteiger charge is 2.33. The molecular weight excluding hydrogens is 340 g/mol. The first-order valence-electron chi connectivity index (χ1n) is 8.48. The quantitative estimate of drug-likeness (QED) is 0.657. The summed E-state index contributed by atoms with van der Waals surface area (Å²) < 4.78 is 0. The molecule has 1 unspecified atom stereocenters. The van der Waals surface area contributed by atoms with Gasteiger partial charge in [-0.3, -0.25) is 14.8 Å². The van der Waals surface area contributed by atoms with Gasteiger partial charge in [-0.2, -0.15) is 5.26 Å². The number of hydrogen-bond donors (Lipinski definition) is 3. The third kappa shape index (κ3) is 2.85. The van der Waals surface area contributed by atoms with Crippen molar-refractivity contribution in [3.05, 3.63) is 103 Å². The first kappa shape index (κ1) is 16.6. The lowest BCUT2D eigenvalue weighted by atomic mass is 9.81. The molecule has 2 aromatic carbocycles. The minimum absolute atomic E-state index is 0.312. The summed E-state index contributed by atoms with van der Waals surface area (Å²) >= 11 is 0. The smallest absolute Gasteiger partial charge is 0.327 e. The van der Waals surface area contributed by atoms with Crippen LogP contribution in [0.15, 0.2) is 69.8 Å². The third-order valence-electron chi connectivity index (χ3n) is 4.67. The van der Waals surface area contributed by atoms with Crippen molar-refractivity contribution in [2.24, 2.45) is 0 Å². The Hall–Kier alpha value is -3.85. The number of hydrogen-bond acceptors (Lipinski definition) is 4. The highest BCUT2D eigenvalue weighted by molar-refractivity contribution is 5.86. The first-order chi connectivity index (χ1) is 13.1. The van der Waals surface area contributed by atoms with Crippen molar-refractivity contribution in [1.29, 1.82) is 5.26 Å². The number of aromatic amines is 2. The van der Waals surface area contributed by atoms with Crippen LogP contribution >= 0.6 is 0 Å². The highest BCUT2D eigenvalue weighted by Crippen LogP contribution is 2.41. The van der Waals surface area contributed by atoms with Crippen LogP contribution in [-0.4, -0.2) is 9.97 Å². The summed E-state index contributed by atoms with van der Waals surface area (Å²) in [6.07, 6.45) is 0. The van der Waals surface area contributed by atoms with E-state index in [2.05, 4.69) is 21.4 Å². The molecule has 6 heteroatoms. The van der Waals surface area contributed by atoms with Crippen molar-refractivity contribution < 1.29 is 0 Å². The second kappa shape index (κ2) is 6.46. The maximum Gasteiger partial charge on any atom is 0.327 e. The second-order valence-corrected chi connectivity index (χ2v) is 6.43. The number of allylic oxidation sites excluding steroid dienone is 1. The number of fused-ring (bicyclic) bond motifs is 1. The Labute approximate surface area is 154 Å². The van der Waals surface area contributed by atoms with Gasteiger partial charge in [-0.25, -0.2) is 4.79 Å². The zero-order chi connectivity index (χ0) is 19.0. The van der Waals surface area contributed by atoms with E-state index >= 15 is 0 Å². The Morgan fingerprint density at radius 2 is 1.67 bits per heavy atom. The van der Waals surface area contributed by atoms with Gasteiger partial charge in [0.05, 0.1) is 28.8 Å². The second-order valence-electron chi connectivity index (χ2n) is 6.43. The fraction of sp³-hybridized carbons (Fsp3) is 0.0952. The van der Waals surface area contributed by atoms with Crippen molar-refractivity contribution in [2.75, 3.05) is 5.32 Å². The minimum atomic E-state index is -0.596. The maximum atomic E-state index is 12.6. The Bertz CT molecular complexity index is 1200. The van der Waals surface area contributed by atoms with Crippen LogP contribution in [0.2, 0.25) is 0 Å². The van der Waals surface area contributed by atoms with E-state index in [0.717, 1.165) is 16.7 Å². The number of aromatic nitrogens is 2. The standard InChI is InChI=1S/C21H16N4O2/c1-12-7-9-13(10-8-12)16-15(11-22)18(14-5-3-2-4-6-14)23-19-17(16)20(26)25-21(27)24-19/h2-10,16H,1H3,(H3,23,24,25,26,27). The molecule has 1 aromatic heterocycles.